The van der Waals surface area contributed by atoms with Crippen molar-refractivity contribution in [2.24, 2.45) is 0 Å². The minimum atomic E-state index is -0.427. The Balaban J connectivity index is 1.84. The number of carbonyl (C=O) groups excluding carboxylic acids is 1. The molecule has 0 fully saturated rings. The Kier molecular flexibility index (Phi) is 7.48. The van der Waals surface area contributed by atoms with E-state index < -0.39 is 4.92 Å². The number of nitro groups is 1. The van der Waals surface area contributed by atoms with Gasteiger partial charge in [-0.25, -0.2) is 0 Å². The fourth-order valence-electron chi connectivity index (χ4n) is 2.42. The number of carbonyl (C=O) groups is 1. The molecule has 0 saturated carbocycles. The van der Waals surface area contributed by atoms with Crippen LogP contribution in [0.2, 0.25) is 0 Å². The Bertz CT molecular complexity index is 795. The van der Waals surface area contributed by atoms with Crippen LogP contribution in [0, 0.1) is 10.1 Å². The molecule has 0 radical (unpaired) electrons. The molecule has 0 atom stereocenters. The predicted octanol–water partition coefficient (Wildman–Crippen LogP) is 3.50. The highest BCUT2D eigenvalue weighted by Gasteiger charge is 2.12. The minimum Gasteiger partial charge on any atom is -0.493 e. The van der Waals surface area contributed by atoms with Crippen LogP contribution in [-0.4, -0.2) is 42.8 Å². The Morgan fingerprint density at radius 2 is 1.70 bits per heavy atom. The van der Waals surface area contributed by atoms with Gasteiger partial charge in [-0.1, -0.05) is 18.2 Å². The highest BCUT2D eigenvalue weighted by atomic mass is 32.2. The average molecular weight is 390 g/mol. The smallest absolute Gasteiger partial charge is 0.269 e. The Labute approximate surface area is 162 Å². The van der Waals surface area contributed by atoms with Crippen molar-refractivity contribution in [2.45, 2.75) is 12.3 Å². The van der Waals surface area contributed by atoms with Crippen molar-refractivity contribution in [1.29, 1.82) is 0 Å². The number of amides is 1. The van der Waals surface area contributed by atoms with Gasteiger partial charge >= 0.3 is 0 Å². The monoisotopic (exact) mass is 390 g/mol. The summed E-state index contributed by atoms with van der Waals surface area (Å²) in [7, 11) is 4.91. The van der Waals surface area contributed by atoms with Gasteiger partial charge in [-0.3, -0.25) is 14.9 Å². The van der Waals surface area contributed by atoms with Gasteiger partial charge in [-0.2, -0.15) is 0 Å². The Morgan fingerprint density at radius 1 is 1.07 bits per heavy atom. The van der Waals surface area contributed by atoms with Crippen molar-refractivity contribution in [3.05, 3.63) is 63.7 Å². The topological polar surface area (TPSA) is 81.9 Å². The third kappa shape index (κ3) is 5.89. The first-order valence-corrected chi connectivity index (χ1v) is 9.36. The standard InChI is InChI=1S/C19H22N2O5S/c1-20(11-15-6-9-17(25-2)18(10-15)26-3)19(22)13-27-12-14-4-7-16(8-5-14)21(23)24/h4-10H,11-13H2,1-3H3. The zero-order valence-corrected chi connectivity index (χ0v) is 16.3. The highest BCUT2D eigenvalue weighted by molar-refractivity contribution is 7.99. The van der Waals surface area contributed by atoms with Gasteiger partial charge in [0.25, 0.3) is 5.69 Å². The zero-order valence-electron chi connectivity index (χ0n) is 15.5. The second-order valence-electron chi connectivity index (χ2n) is 5.86. The number of methoxy groups -OCH3 is 2. The molecule has 0 spiro atoms. The fraction of sp³-hybridized carbons (Fsp3) is 0.316. The van der Waals surface area contributed by atoms with Crippen molar-refractivity contribution in [3.63, 3.8) is 0 Å². The minimum absolute atomic E-state index is 0.0108. The maximum absolute atomic E-state index is 12.3. The first-order chi connectivity index (χ1) is 12.9. The van der Waals surface area contributed by atoms with Gasteiger partial charge in [-0.05, 0) is 23.3 Å². The lowest BCUT2D eigenvalue weighted by atomic mass is 10.2. The molecular weight excluding hydrogens is 368 g/mol. The van der Waals surface area contributed by atoms with E-state index >= 15 is 0 Å². The molecule has 8 heteroatoms. The molecule has 2 aromatic carbocycles. The Morgan fingerprint density at radius 3 is 2.30 bits per heavy atom. The van der Waals surface area contributed by atoms with Crippen LogP contribution in [0.3, 0.4) is 0 Å². The molecule has 7 nitrogen and oxygen atoms in total. The van der Waals surface area contributed by atoms with Crippen LogP contribution in [0.15, 0.2) is 42.5 Å². The van der Waals surface area contributed by atoms with Crippen LogP contribution < -0.4 is 9.47 Å². The van der Waals surface area contributed by atoms with Gasteiger partial charge < -0.3 is 14.4 Å². The molecule has 0 N–H and O–H groups in total. The molecule has 1 amide bonds. The third-order valence-corrected chi connectivity index (χ3v) is 4.92. The molecule has 0 aliphatic carbocycles. The lowest BCUT2D eigenvalue weighted by Gasteiger charge is -2.18. The van der Waals surface area contributed by atoms with Crippen LogP contribution >= 0.6 is 11.8 Å². The molecule has 0 saturated heterocycles. The number of benzene rings is 2. The second-order valence-corrected chi connectivity index (χ2v) is 6.84. The van der Waals surface area contributed by atoms with E-state index in [0.717, 1.165) is 11.1 Å². The number of hydrogen-bond acceptors (Lipinski definition) is 6. The average Bonchev–Trinajstić information content (AvgIpc) is 2.68. The maximum Gasteiger partial charge on any atom is 0.269 e. The second kappa shape index (κ2) is 9.82. The predicted molar refractivity (Wildman–Crippen MR) is 105 cm³/mol. The van der Waals surface area contributed by atoms with Crippen molar-refractivity contribution in [3.8, 4) is 11.5 Å². The van der Waals surface area contributed by atoms with Crippen LogP contribution in [0.1, 0.15) is 11.1 Å². The number of non-ortho nitro benzene ring substituents is 1. The summed E-state index contributed by atoms with van der Waals surface area (Å²) < 4.78 is 10.5. The number of hydrogen-bond donors (Lipinski definition) is 0. The van der Waals surface area contributed by atoms with Gasteiger partial charge in [-0.15, -0.1) is 11.8 Å². The van der Waals surface area contributed by atoms with Crippen LogP contribution in [0.4, 0.5) is 5.69 Å². The van der Waals surface area contributed by atoms with Crippen molar-refractivity contribution in [1.82, 2.24) is 4.90 Å². The van der Waals surface area contributed by atoms with Crippen molar-refractivity contribution >= 4 is 23.4 Å². The van der Waals surface area contributed by atoms with E-state index in [2.05, 4.69) is 0 Å². The summed E-state index contributed by atoms with van der Waals surface area (Å²) >= 11 is 1.48. The van der Waals surface area contributed by atoms with E-state index in [-0.39, 0.29) is 11.6 Å². The molecular formula is C19H22N2O5S. The summed E-state index contributed by atoms with van der Waals surface area (Å²) in [5, 5.41) is 10.7. The largest absolute Gasteiger partial charge is 0.493 e. The van der Waals surface area contributed by atoms with E-state index in [4.69, 9.17) is 9.47 Å². The third-order valence-electron chi connectivity index (χ3n) is 3.93. The molecule has 0 aromatic heterocycles. The summed E-state index contributed by atoms with van der Waals surface area (Å²) in [5.41, 5.74) is 1.96. The van der Waals surface area contributed by atoms with Crippen molar-refractivity contribution in [2.75, 3.05) is 27.0 Å². The van der Waals surface area contributed by atoms with Gasteiger partial charge in [0.15, 0.2) is 11.5 Å². The van der Waals surface area contributed by atoms with Gasteiger partial charge in [0.1, 0.15) is 0 Å². The fourth-order valence-corrected chi connectivity index (χ4v) is 3.35. The molecule has 2 rings (SSSR count). The number of nitrogens with zero attached hydrogens (tertiary/aromatic N) is 2. The summed E-state index contributed by atoms with van der Waals surface area (Å²) in [5.74, 6) is 2.24. The molecule has 2 aromatic rings. The lowest BCUT2D eigenvalue weighted by Crippen LogP contribution is -2.27. The SMILES string of the molecule is COc1ccc(CN(C)C(=O)CSCc2ccc([N+](=O)[O-])cc2)cc1OC. The summed E-state index contributed by atoms with van der Waals surface area (Å²) in [6.07, 6.45) is 0. The molecule has 144 valence electrons. The van der Waals surface area contributed by atoms with Crippen LogP contribution in [0.5, 0.6) is 11.5 Å². The van der Waals surface area contributed by atoms with Crippen molar-refractivity contribution < 1.29 is 19.2 Å². The first kappa shape index (κ1) is 20.6. The van der Waals surface area contributed by atoms with E-state index in [1.165, 1.54) is 23.9 Å². The zero-order chi connectivity index (χ0) is 19.8. The number of ether oxygens (including phenoxy) is 2. The lowest BCUT2D eigenvalue weighted by molar-refractivity contribution is -0.384. The van der Waals surface area contributed by atoms with Gasteiger partial charge in [0, 0.05) is 31.5 Å². The molecule has 0 aliphatic heterocycles. The maximum atomic E-state index is 12.3. The summed E-state index contributed by atoms with van der Waals surface area (Å²) in [6.45, 7) is 0.470. The first-order valence-electron chi connectivity index (χ1n) is 8.20. The number of nitro benzene ring substituents is 1. The van der Waals surface area contributed by atoms with Gasteiger partial charge in [0.2, 0.25) is 5.91 Å². The van der Waals surface area contributed by atoms with Crippen LogP contribution in [-0.2, 0) is 17.1 Å². The molecule has 0 aliphatic rings. The number of rotatable bonds is 9. The van der Waals surface area contributed by atoms with E-state index in [0.29, 0.717) is 29.5 Å². The number of thioether (sulfide) groups is 1. The molecule has 0 bridgehead atoms. The van der Waals surface area contributed by atoms with Crippen LogP contribution in [0.25, 0.3) is 0 Å². The Hall–Kier alpha value is -2.74. The normalized spacial score (nSPS) is 10.3. The summed E-state index contributed by atoms with van der Waals surface area (Å²) in [6, 6.07) is 11.9. The highest BCUT2D eigenvalue weighted by Crippen LogP contribution is 2.28. The van der Waals surface area contributed by atoms with E-state index in [1.807, 2.05) is 18.2 Å². The van der Waals surface area contributed by atoms with E-state index in [9.17, 15) is 14.9 Å². The van der Waals surface area contributed by atoms with Gasteiger partial charge in [0.05, 0.1) is 24.9 Å². The molecule has 0 unspecified atom stereocenters. The molecule has 27 heavy (non-hydrogen) atoms. The summed E-state index contributed by atoms with van der Waals surface area (Å²) in [4.78, 5) is 24.2. The quantitative estimate of drug-likeness (QED) is 0.481. The van der Waals surface area contributed by atoms with E-state index in [1.54, 1.807) is 38.3 Å². The molecule has 0 heterocycles.